The van der Waals surface area contributed by atoms with Crippen LogP contribution in [0.25, 0.3) is 0 Å². The number of hydrogen-bond donors (Lipinski definition) is 1. The monoisotopic (exact) mass is 597 g/mol. The van der Waals surface area contributed by atoms with Gasteiger partial charge in [0.15, 0.2) is 0 Å². The average molecular weight is 599 g/mol. The number of carbonyl (C=O) groups is 2. The second-order valence-corrected chi connectivity index (χ2v) is 12.6. The van der Waals surface area contributed by atoms with Gasteiger partial charge in [0.25, 0.3) is 0 Å². The van der Waals surface area contributed by atoms with Gasteiger partial charge >= 0.3 is 0 Å². The molecule has 1 aliphatic carbocycles. The van der Waals surface area contributed by atoms with Crippen LogP contribution in [-0.4, -0.2) is 57.1 Å². The number of rotatable bonds is 13. The smallest absolute Gasteiger partial charge is 0.243 e. The van der Waals surface area contributed by atoms with Gasteiger partial charge in [-0.15, -0.1) is 0 Å². The van der Waals surface area contributed by atoms with Crippen molar-refractivity contribution in [1.82, 2.24) is 10.2 Å². The number of nitrogens with one attached hydrogen (secondary N) is 1. The lowest BCUT2D eigenvalue weighted by Gasteiger charge is -2.32. The summed E-state index contributed by atoms with van der Waals surface area (Å²) >= 11 is 12.4. The molecule has 1 aliphatic rings. The van der Waals surface area contributed by atoms with Crippen LogP contribution in [0.3, 0.4) is 0 Å². The number of sulfonamides is 1. The Hall–Kier alpha value is -2.49. The summed E-state index contributed by atoms with van der Waals surface area (Å²) in [4.78, 5) is 28.5. The van der Waals surface area contributed by atoms with Crippen LogP contribution in [0.4, 0.5) is 5.69 Å². The summed E-state index contributed by atoms with van der Waals surface area (Å²) in [6.45, 7) is 2.17. The minimum Gasteiger partial charge on any atom is -0.497 e. The summed E-state index contributed by atoms with van der Waals surface area (Å²) in [5.74, 6) is 0.308. The second kappa shape index (κ2) is 14.2. The number of ether oxygens (including phenoxy) is 1. The predicted molar refractivity (Wildman–Crippen MR) is 156 cm³/mol. The molecule has 1 saturated carbocycles. The molecule has 1 fully saturated rings. The van der Waals surface area contributed by atoms with E-state index in [1.807, 2.05) is 31.2 Å². The van der Waals surface area contributed by atoms with Crippen LogP contribution in [0.5, 0.6) is 5.75 Å². The average Bonchev–Trinajstić information content (AvgIpc) is 3.40. The molecule has 0 aromatic heterocycles. The van der Waals surface area contributed by atoms with Gasteiger partial charge in [0.05, 0.1) is 24.1 Å². The lowest BCUT2D eigenvalue weighted by atomic mass is 10.1. The third-order valence-electron chi connectivity index (χ3n) is 6.93. The molecule has 2 aromatic carbocycles. The number of carbonyl (C=O) groups excluding carboxylic acids is 2. The van der Waals surface area contributed by atoms with E-state index in [1.54, 1.807) is 18.1 Å². The van der Waals surface area contributed by atoms with E-state index in [1.165, 1.54) is 12.1 Å². The Kier molecular flexibility index (Phi) is 11.3. The van der Waals surface area contributed by atoms with Gasteiger partial charge in [0, 0.05) is 30.6 Å². The third kappa shape index (κ3) is 8.75. The molecular formula is C28H37Cl2N3O5S. The number of hydrogen-bond acceptors (Lipinski definition) is 5. The highest BCUT2D eigenvalue weighted by Crippen LogP contribution is 2.31. The van der Waals surface area contributed by atoms with Crippen LogP contribution in [0.15, 0.2) is 42.5 Å². The minimum absolute atomic E-state index is 0.0338. The van der Waals surface area contributed by atoms with E-state index in [4.69, 9.17) is 27.9 Å². The Balaban J connectivity index is 1.78. The highest BCUT2D eigenvalue weighted by atomic mass is 35.5. The van der Waals surface area contributed by atoms with Crippen molar-refractivity contribution in [3.63, 3.8) is 0 Å². The molecule has 39 heavy (non-hydrogen) atoms. The van der Waals surface area contributed by atoms with E-state index in [0.717, 1.165) is 41.8 Å². The largest absolute Gasteiger partial charge is 0.497 e. The first-order chi connectivity index (χ1) is 18.5. The van der Waals surface area contributed by atoms with Crippen LogP contribution in [0.1, 0.15) is 57.4 Å². The van der Waals surface area contributed by atoms with Gasteiger partial charge in [-0.25, -0.2) is 8.42 Å². The molecule has 0 spiro atoms. The number of halogens is 2. The summed E-state index contributed by atoms with van der Waals surface area (Å²) in [6.07, 6.45) is 5.88. The van der Waals surface area contributed by atoms with Crippen LogP contribution < -0.4 is 14.4 Å². The molecule has 1 atom stereocenters. The van der Waals surface area contributed by atoms with Gasteiger partial charge in [-0.2, -0.15) is 0 Å². The van der Waals surface area contributed by atoms with Gasteiger partial charge in [-0.3, -0.25) is 13.9 Å². The van der Waals surface area contributed by atoms with Crippen LogP contribution >= 0.6 is 23.2 Å². The maximum Gasteiger partial charge on any atom is 0.243 e. The molecule has 2 aromatic rings. The molecule has 0 aliphatic heterocycles. The highest BCUT2D eigenvalue weighted by Gasteiger charge is 2.31. The number of methoxy groups -OCH3 is 1. The fraction of sp³-hybridized carbons (Fsp3) is 0.500. The Labute approximate surface area is 241 Å². The molecular weight excluding hydrogens is 561 g/mol. The van der Waals surface area contributed by atoms with Gasteiger partial charge in [-0.1, -0.05) is 55.1 Å². The maximum absolute atomic E-state index is 13.6. The third-order valence-corrected chi connectivity index (χ3v) is 8.66. The van der Waals surface area contributed by atoms with E-state index >= 15 is 0 Å². The standard InChI is InChI=1S/C28H37Cl2N3O5S/c1-4-25(28(35)31-22-8-5-6-9-22)32(19-20-11-14-23(38-2)15-12-20)27(34)10-7-17-33(39(3,36)37)26-18-21(29)13-16-24(26)30/h11-16,18,22,25H,4-10,17,19H2,1-3H3,(H,31,35)/t25-/m1/s1. The molecule has 3 rings (SSSR count). The fourth-order valence-corrected chi connectivity index (χ4v) is 6.28. The van der Waals surface area contributed by atoms with E-state index in [0.29, 0.717) is 17.2 Å². The first-order valence-corrected chi connectivity index (χ1v) is 15.8. The molecule has 214 valence electrons. The molecule has 0 bridgehead atoms. The summed E-state index contributed by atoms with van der Waals surface area (Å²) in [5.41, 5.74) is 1.12. The first kappa shape index (κ1) is 31.0. The molecule has 11 heteroatoms. The Morgan fingerprint density at radius 1 is 1.10 bits per heavy atom. The number of amides is 2. The van der Waals surface area contributed by atoms with Gasteiger partial charge in [0.2, 0.25) is 21.8 Å². The molecule has 1 N–H and O–H groups in total. The molecule has 2 amide bonds. The zero-order valence-electron chi connectivity index (χ0n) is 22.7. The van der Waals surface area contributed by atoms with Crippen molar-refractivity contribution in [3.8, 4) is 5.75 Å². The van der Waals surface area contributed by atoms with Crippen LogP contribution in [0, 0.1) is 0 Å². The van der Waals surface area contributed by atoms with Crippen molar-refractivity contribution in [2.45, 2.75) is 70.5 Å². The summed E-state index contributed by atoms with van der Waals surface area (Å²) in [7, 11) is -2.10. The van der Waals surface area contributed by atoms with E-state index in [9.17, 15) is 18.0 Å². The quantitative estimate of drug-likeness (QED) is 0.333. The zero-order valence-corrected chi connectivity index (χ0v) is 25.0. The van der Waals surface area contributed by atoms with Crippen molar-refractivity contribution >= 4 is 50.7 Å². The molecule has 0 radical (unpaired) electrons. The lowest BCUT2D eigenvalue weighted by Crippen LogP contribution is -2.51. The van der Waals surface area contributed by atoms with Gasteiger partial charge in [0.1, 0.15) is 11.8 Å². The van der Waals surface area contributed by atoms with Crippen molar-refractivity contribution < 1.29 is 22.7 Å². The van der Waals surface area contributed by atoms with Crippen molar-refractivity contribution in [2.24, 2.45) is 0 Å². The summed E-state index contributed by atoms with van der Waals surface area (Å²) in [5, 5.41) is 3.72. The highest BCUT2D eigenvalue weighted by molar-refractivity contribution is 7.92. The predicted octanol–water partition coefficient (Wildman–Crippen LogP) is 5.41. The SMILES string of the molecule is CC[C@H](C(=O)NC1CCCC1)N(Cc1ccc(OC)cc1)C(=O)CCCN(c1cc(Cl)ccc1Cl)S(C)(=O)=O. The van der Waals surface area contributed by atoms with Gasteiger partial charge < -0.3 is 15.0 Å². The molecule has 0 heterocycles. The summed E-state index contributed by atoms with van der Waals surface area (Å²) in [6, 6.07) is 11.5. The van der Waals surface area contributed by atoms with Crippen LogP contribution in [0.2, 0.25) is 10.0 Å². The number of nitrogens with zero attached hydrogens (tertiary/aromatic N) is 2. The van der Waals surface area contributed by atoms with Crippen LogP contribution in [-0.2, 0) is 26.2 Å². The van der Waals surface area contributed by atoms with E-state index < -0.39 is 16.1 Å². The number of benzene rings is 2. The van der Waals surface area contributed by atoms with Crippen molar-refractivity contribution in [2.75, 3.05) is 24.2 Å². The molecule has 0 unspecified atom stereocenters. The van der Waals surface area contributed by atoms with Crippen molar-refractivity contribution in [1.29, 1.82) is 0 Å². The summed E-state index contributed by atoms with van der Waals surface area (Å²) < 4.78 is 31.5. The normalized spacial score (nSPS) is 14.6. The Morgan fingerprint density at radius 3 is 2.36 bits per heavy atom. The van der Waals surface area contributed by atoms with E-state index in [2.05, 4.69) is 5.32 Å². The zero-order chi connectivity index (χ0) is 28.6. The molecule has 0 saturated heterocycles. The maximum atomic E-state index is 13.6. The van der Waals surface area contributed by atoms with Gasteiger partial charge in [-0.05, 0) is 61.6 Å². The Morgan fingerprint density at radius 2 is 1.77 bits per heavy atom. The fourth-order valence-electron chi connectivity index (χ4n) is 4.87. The Bertz CT molecular complexity index is 1230. The lowest BCUT2D eigenvalue weighted by molar-refractivity contribution is -0.141. The van der Waals surface area contributed by atoms with E-state index in [-0.39, 0.29) is 54.5 Å². The topological polar surface area (TPSA) is 96.0 Å². The minimum atomic E-state index is -3.69. The number of anilines is 1. The second-order valence-electron chi connectivity index (χ2n) is 9.82. The first-order valence-electron chi connectivity index (χ1n) is 13.2. The van der Waals surface area contributed by atoms with Crippen molar-refractivity contribution in [3.05, 3.63) is 58.1 Å². The molecule has 8 nitrogen and oxygen atoms in total.